The van der Waals surface area contributed by atoms with Gasteiger partial charge in [-0.05, 0) is 27.7 Å². The van der Waals surface area contributed by atoms with Crippen LogP contribution in [0.1, 0.15) is 27.7 Å². The molecule has 1 N–H and O–H groups in total. The van der Waals surface area contributed by atoms with Crippen molar-refractivity contribution in [1.82, 2.24) is 10.2 Å². The van der Waals surface area contributed by atoms with Crippen molar-refractivity contribution in [3.05, 3.63) is 0 Å². The van der Waals surface area contributed by atoms with Crippen molar-refractivity contribution in [1.29, 1.82) is 5.26 Å². The Balaban J connectivity index is 4.22. The summed E-state index contributed by atoms with van der Waals surface area (Å²) >= 11 is 0. The van der Waals surface area contributed by atoms with Gasteiger partial charge in [-0.3, -0.25) is 0 Å². The van der Waals surface area contributed by atoms with Gasteiger partial charge >= 0.3 is 6.03 Å². The number of nitriles is 1. The Hall–Kier alpha value is -1.24. The molecule has 0 aliphatic heterocycles. The molecule has 0 aliphatic rings. The van der Waals surface area contributed by atoms with Crippen molar-refractivity contribution in [2.45, 2.75) is 39.8 Å². The Morgan fingerprint density at radius 3 is 2.31 bits per heavy atom. The van der Waals surface area contributed by atoms with E-state index in [4.69, 9.17) is 5.26 Å². The normalized spacial score (nSPS) is 9.92. The zero-order valence-corrected chi connectivity index (χ0v) is 8.66. The molecule has 0 fully saturated rings. The van der Waals surface area contributed by atoms with E-state index in [1.807, 2.05) is 33.8 Å². The van der Waals surface area contributed by atoms with E-state index in [2.05, 4.69) is 5.32 Å². The molecule has 0 aromatic rings. The maximum absolute atomic E-state index is 11.4. The molecule has 0 saturated heterocycles. The van der Waals surface area contributed by atoms with Gasteiger partial charge in [0.15, 0.2) is 0 Å². The molecule has 74 valence electrons. The highest BCUT2D eigenvalue weighted by molar-refractivity contribution is 5.75. The molecule has 0 spiro atoms. The predicted molar refractivity (Wildman–Crippen MR) is 51.1 cm³/mol. The van der Waals surface area contributed by atoms with Gasteiger partial charge in [-0.2, -0.15) is 5.26 Å². The third-order valence-corrected chi connectivity index (χ3v) is 1.54. The van der Waals surface area contributed by atoms with Gasteiger partial charge in [0.05, 0.1) is 6.07 Å². The number of carbonyl (C=O) groups is 1. The summed E-state index contributed by atoms with van der Waals surface area (Å²) in [7, 11) is 0. The van der Waals surface area contributed by atoms with Crippen LogP contribution in [0.15, 0.2) is 0 Å². The highest BCUT2D eigenvalue weighted by atomic mass is 16.2. The first-order chi connectivity index (χ1) is 5.99. The van der Waals surface area contributed by atoms with Crippen LogP contribution in [0.4, 0.5) is 4.79 Å². The highest BCUT2D eigenvalue weighted by Crippen LogP contribution is 1.98. The number of urea groups is 1. The van der Waals surface area contributed by atoms with Gasteiger partial charge in [0.25, 0.3) is 0 Å². The number of nitrogens with zero attached hydrogens (tertiary/aromatic N) is 2. The lowest BCUT2D eigenvalue weighted by molar-refractivity contribution is 0.188. The SMILES string of the molecule is CC(C)NC(=O)N(CC#N)C(C)C. The summed E-state index contributed by atoms with van der Waals surface area (Å²) in [5, 5.41) is 11.2. The fourth-order valence-corrected chi connectivity index (χ4v) is 0.895. The number of hydrogen-bond acceptors (Lipinski definition) is 2. The Bertz CT molecular complexity index is 205. The van der Waals surface area contributed by atoms with E-state index in [9.17, 15) is 4.79 Å². The van der Waals surface area contributed by atoms with Crippen LogP contribution in [-0.4, -0.2) is 29.6 Å². The van der Waals surface area contributed by atoms with E-state index < -0.39 is 0 Å². The number of rotatable bonds is 3. The molecule has 0 aromatic carbocycles. The van der Waals surface area contributed by atoms with Crippen LogP contribution in [0.2, 0.25) is 0 Å². The lowest BCUT2D eigenvalue weighted by atomic mass is 10.3. The molecular weight excluding hydrogens is 166 g/mol. The molecule has 0 rings (SSSR count). The topological polar surface area (TPSA) is 56.1 Å². The van der Waals surface area contributed by atoms with Crippen molar-refractivity contribution in [2.24, 2.45) is 0 Å². The van der Waals surface area contributed by atoms with Crippen LogP contribution >= 0.6 is 0 Å². The van der Waals surface area contributed by atoms with E-state index in [1.54, 1.807) is 0 Å². The summed E-state index contributed by atoms with van der Waals surface area (Å²) in [5.41, 5.74) is 0. The van der Waals surface area contributed by atoms with Gasteiger partial charge in [-0.1, -0.05) is 0 Å². The van der Waals surface area contributed by atoms with Crippen LogP contribution in [0, 0.1) is 11.3 Å². The second kappa shape index (κ2) is 5.41. The maximum Gasteiger partial charge on any atom is 0.318 e. The van der Waals surface area contributed by atoms with Crippen LogP contribution in [0.25, 0.3) is 0 Å². The minimum absolute atomic E-state index is 0.0541. The zero-order valence-electron chi connectivity index (χ0n) is 8.66. The first-order valence-electron chi connectivity index (χ1n) is 4.43. The summed E-state index contributed by atoms with van der Waals surface area (Å²) in [6, 6.07) is 1.95. The first-order valence-corrected chi connectivity index (χ1v) is 4.43. The van der Waals surface area contributed by atoms with Crippen LogP contribution in [0.3, 0.4) is 0 Å². The molecule has 0 bridgehead atoms. The predicted octanol–water partition coefficient (Wildman–Crippen LogP) is 1.34. The second-order valence-corrected chi connectivity index (χ2v) is 3.48. The summed E-state index contributed by atoms with van der Waals surface area (Å²) in [6.07, 6.45) is 0. The van der Waals surface area contributed by atoms with Gasteiger partial charge in [0, 0.05) is 12.1 Å². The molecule has 2 amide bonds. The molecular formula is C9H17N3O. The molecule has 0 radical (unpaired) electrons. The van der Waals surface area contributed by atoms with Gasteiger partial charge in [-0.25, -0.2) is 4.79 Å². The minimum atomic E-state index is -0.174. The lowest BCUT2D eigenvalue weighted by Gasteiger charge is -2.25. The van der Waals surface area contributed by atoms with Gasteiger partial charge in [0.2, 0.25) is 0 Å². The van der Waals surface area contributed by atoms with Gasteiger partial charge < -0.3 is 10.2 Å². The Labute approximate surface area is 79.5 Å². The van der Waals surface area contributed by atoms with Crippen LogP contribution in [0.5, 0.6) is 0 Å². The summed E-state index contributed by atoms with van der Waals surface area (Å²) in [4.78, 5) is 12.9. The average Bonchev–Trinajstić information content (AvgIpc) is 1.97. The molecule has 13 heavy (non-hydrogen) atoms. The number of carbonyl (C=O) groups excluding carboxylic acids is 1. The van der Waals surface area contributed by atoms with E-state index in [0.29, 0.717) is 0 Å². The number of amides is 2. The van der Waals surface area contributed by atoms with Crippen molar-refractivity contribution < 1.29 is 4.79 Å². The Morgan fingerprint density at radius 2 is 2.00 bits per heavy atom. The standard InChI is InChI=1S/C9H17N3O/c1-7(2)11-9(13)12(6-5-10)8(3)4/h7-8H,6H2,1-4H3,(H,11,13). The van der Waals surface area contributed by atoms with E-state index >= 15 is 0 Å². The first kappa shape index (κ1) is 11.8. The summed E-state index contributed by atoms with van der Waals surface area (Å²) < 4.78 is 0. The lowest BCUT2D eigenvalue weighted by Crippen LogP contribution is -2.46. The van der Waals surface area contributed by atoms with Gasteiger partial charge in [0.1, 0.15) is 6.54 Å². The van der Waals surface area contributed by atoms with Crippen molar-refractivity contribution in [3.8, 4) is 6.07 Å². The summed E-state index contributed by atoms with van der Waals surface area (Å²) in [5.74, 6) is 0. The monoisotopic (exact) mass is 183 g/mol. The van der Waals surface area contributed by atoms with Gasteiger partial charge in [-0.15, -0.1) is 0 Å². The quantitative estimate of drug-likeness (QED) is 0.671. The van der Waals surface area contributed by atoms with E-state index in [-0.39, 0.29) is 24.7 Å². The van der Waals surface area contributed by atoms with E-state index in [1.165, 1.54) is 4.90 Å². The van der Waals surface area contributed by atoms with Crippen molar-refractivity contribution >= 4 is 6.03 Å². The molecule has 4 heteroatoms. The van der Waals surface area contributed by atoms with Crippen LogP contribution in [-0.2, 0) is 0 Å². The minimum Gasteiger partial charge on any atom is -0.336 e. The fourth-order valence-electron chi connectivity index (χ4n) is 0.895. The fraction of sp³-hybridized carbons (Fsp3) is 0.778. The van der Waals surface area contributed by atoms with Crippen LogP contribution < -0.4 is 5.32 Å². The second-order valence-electron chi connectivity index (χ2n) is 3.48. The number of nitrogens with one attached hydrogen (secondary N) is 1. The molecule has 0 aromatic heterocycles. The largest absolute Gasteiger partial charge is 0.336 e. The molecule has 0 heterocycles. The smallest absolute Gasteiger partial charge is 0.318 e. The molecule has 0 saturated carbocycles. The molecule has 4 nitrogen and oxygen atoms in total. The highest BCUT2D eigenvalue weighted by Gasteiger charge is 2.16. The van der Waals surface area contributed by atoms with E-state index in [0.717, 1.165) is 0 Å². The number of hydrogen-bond donors (Lipinski definition) is 1. The third-order valence-electron chi connectivity index (χ3n) is 1.54. The summed E-state index contributed by atoms with van der Waals surface area (Å²) in [6.45, 7) is 7.69. The Morgan fingerprint density at radius 1 is 1.46 bits per heavy atom. The Kier molecular flexibility index (Phi) is 4.90. The maximum atomic E-state index is 11.4. The molecule has 0 unspecified atom stereocenters. The zero-order chi connectivity index (χ0) is 10.4. The average molecular weight is 183 g/mol. The van der Waals surface area contributed by atoms with Crippen molar-refractivity contribution in [2.75, 3.05) is 6.54 Å². The third kappa shape index (κ3) is 4.36. The van der Waals surface area contributed by atoms with Crippen molar-refractivity contribution in [3.63, 3.8) is 0 Å². The molecule has 0 atom stereocenters. The molecule has 0 aliphatic carbocycles.